The number of hydrogen-bond acceptors (Lipinski definition) is 5. The first-order chi connectivity index (χ1) is 14.7. The molecule has 0 saturated carbocycles. The van der Waals surface area contributed by atoms with Crippen LogP contribution >= 0.6 is 23.1 Å². The van der Waals surface area contributed by atoms with Gasteiger partial charge in [-0.05, 0) is 29.0 Å². The first kappa shape index (κ1) is 20.4. The summed E-state index contributed by atoms with van der Waals surface area (Å²) in [5.74, 6) is 0.510. The summed E-state index contributed by atoms with van der Waals surface area (Å²) in [5.41, 5.74) is 7.85. The SMILES string of the molecule is NC(=O)C(Sc1nnc(Cc2cccs2)n1CCc1ccccc1)c1ccccc1. The Hall–Kier alpha value is -2.90. The number of aryl methyl sites for hydroxylation is 1. The van der Waals surface area contributed by atoms with E-state index >= 15 is 0 Å². The molecule has 7 heteroatoms. The quantitative estimate of drug-likeness (QED) is 0.394. The molecule has 1 atom stereocenters. The Morgan fingerprint density at radius 2 is 1.73 bits per heavy atom. The zero-order valence-electron chi connectivity index (χ0n) is 16.3. The Morgan fingerprint density at radius 3 is 2.40 bits per heavy atom. The number of hydrogen-bond donors (Lipinski definition) is 1. The lowest BCUT2D eigenvalue weighted by atomic mass is 10.1. The molecular formula is C23H22N4OS2. The number of amides is 1. The fourth-order valence-corrected chi connectivity index (χ4v) is 4.97. The lowest BCUT2D eigenvalue weighted by Crippen LogP contribution is -2.19. The van der Waals surface area contributed by atoms with Gasteiger partial charge in [-0.25, -0.2) is 0 Å². The maximum atomic E-state index is 12.2. The second-order valence-electron chi connectivity index (χ2n) is 6.85. The Labute approximate surface area is 184 Å². The van der Waals surface area contributed by atoms with E-state index in [1.54, 1.807) is 11.3 Å². The molecule has 1 amide bonds. The molecule has 4 rings (SSSR count). The number of thioether (sulfide) groups is 1. The summed E-state index contributed by atoms with van der Waals surface area (Å²) in [4.78, 5) is 13.4. The van der Waals surface area contributed by atoms with Crippen LogP contribution in [0.25, 0.3) is 0 Å². The van der Waals surface area contributed by atoms with E-state index in [0.717, 1.165) is 24.4 Å². The average Bonchev–Trinajstić information content (AvgIpc) is 3.42. The maximum absolute atomic E-state index is 12.2. The van der Waals surface area contributed by atoms with Gasteiger partial charge in [-0.2, -0.15) is 0 Å². The van der Waals surface area contributed by atoms with Gasteiger partial charge in [-0.1, -0.05) is 78.5 Å². The average molecular weight is 435 g/mol. The molecule has 2 aromatic carbocycles. The molecule has 0 fully saturated rings. The Bertz CT molecular complexity index is 1080. The first-order valence-electron chi connectivity index (χ1n) is 9.70. The summed E-state index contributed by atoms with van der Waals surface area (Å²) >= 11 is 3.07. The molecule has 0 aliphatic rings. The largest absolute Gasteiger partial charge is 0.368 e. The van der Waals surface area contributed by atoms with Crippen molar-refractivity contribution in [1.82, 2.24) is 14.8 Å². The van der Waals surface area contributed by atoms with Crippen molar-refractivity contribution in [3.63, 3.8) is 0 Å². The Balaban J connectivity index is 1.62. The van der Waals surface area contributed by atoms with Gasteiger partial charge in [-0.3, -0.25) is 4.79 Å². The van der Waals surface area contributed by atoms with Crippen LogP contribution in [0.15, 0.2) is 83.3 Å². The summed E-state index contributed by atoms with van der Waals surface area (Å²) in [5, 5.41) is 11.1. The lowest BCUT2D eigenvalue weighted by Gasteiger charge is -2.15. The second-order valence-corrected chi connectivity index (χ2v) is 8.96. The fourth-order valence-electron chi connectivity index (χ4n) is 3.24. The van der Waals surface area contributed by atoms with E-state index in [9.17, 15) is 4.79 Å². The third-order valence-electron chi connectivity index (χ3n) is 4.76. The van der Waals surface area contributed by atoms with E-state index in [0.29, 0.717) is 11.6 Å². The van der Waals surface area contributed by atoms with Gasteiger partial charge < -0.3 is 10.3 Å². The smallest absolute Gasteiger partial charge is 0.235 e. The summed E-state index contributed by atoms with van der Waals surface area (Å²) in [6.45, 7) is 0.736. The third kappa shape index (κ3) is 4.98. The number of nitrogens with zero attached hydrogens (tertiary/aromatic N) is 3. The molecule has 4 aromatic rings. The van der Waals surface area contributed by atoms with Crippen molar-refractivity contribution >= 4 is 29.0 Å². The molecule has 0 bridgehead atoms. The summed E-state index contributed by atoms with van der Waals surface area (Å²) < 4.78 is 2.12. The third-order valence-corrected chi connectivity index (χ3v) is 6.89. The Morgan fingerprint density at radius 1 is 1.00 bits per heavy atom. The van der Waals surface area contributed by atoms with Crippen LogP contribution < -0.4 is 5.73 Å². The highest BCUT2D eigenvalue weighted by Crippen LogP contribution is 2.34. The van der Waals surface area contributed by atoms with Crippen LogP contribution in [-0.2, 0) is 24.2 Å². The van der Waals surface area contributed by atoms with Crippen LogP contribution in [0.5, 0.6) is 0 Å². The number of primary amides is 1. The number of carbonyl (C=O) groups is 1. The highest BCUT2D eigenvalue weighted by molar-refractivity contribution is 8.00. The van der Waals surface area contributed by atoms with Crippen LogP contribution in [0.1, 0.15) is 27.1 Å². The molecule has 1 unspecified atom stereocenters. The van der Waals surface area contributed by atoms with Crippen LogP contribution in [0.2, 0.25) is 0 Å². The molecule has 2 N–H and O–H groups in total. The van der Waals surface area contributed by atoms with Crippen molar-refractivity contribution in [3.05, 3.63) is 100 Å². The van der Waals surface area contributed by atoms with Gasteiger partial charge in [0.2, 0.25) is 5.91 Å². The summed E-state index contributed by atoms with van der Waals surface area (Å²) in [7, 11) is 0. The van der Waals surface area contributed by atoms with E-state index in [4.69, 9.17) is 5.73 Å². The first-order valence-corrected chi connectivity index (χ1v) is 11.5. The van der Waals surface area contributed by atoms with E-state index in [-0.39, 0.29) is 5.91 Å². The zero-order valence-corrected chi connectivity index (χ0v) is 18.0. The summed E-state index contributed by atoms with van der Waals surface area (Å²) in [6.07, 6.45) is 1.57. The van der Waals surface area contributed by atoms with Crippen LogP contribution in [0.4, 0.5) is 0 Å². The highest BCUT2D eigenvalue weighted by Gasteiger charge is 2.24. The van der Waals surface area contributed by atoms with Gasteiger partial charge in [0.1, 0.15) is 11.1 Å². The van der Waals surface area contributed by atoms with Crippen molar-refractivity contribution in [2.24, 2.45) is 5.73 Å². The van der Waals surface area contributed by atoms with E-state index in [1.165, 1.54) is 22.2 Å². The van der Waals surface area contributed by atoms with Gasteiger partial charge in [0.05, 0.1) is 0 Å². The van der Waals surface area contributed by atoms with Crippen LogP contribution in [0.3, 0.4) is 0 Å². The summed E-state index contributed by atoms with van der Waals surface area (Å²) in [6, 6.07) is 24.1. The number of aromatic nitrogens is 3. The number of nitrogens with two attached hydrogens (primary N) is 1. The Kier molecular flexibility index (Phi) is 6.61. The van der Waals surface area contributed by atoms with Gasteiger partial charge in [0, 0.05) is 17.8 Å². The van der Waals surface area contributed by atoms with Crippen LogP contribution in [-0.4, -0.2) is 20.7 Å². The minimum absolute atomic E-state index is 0.386. The standard InChI is InChI=1S/C23H22N4OS2/c24-22(28)21(18-10-5-2-6-11-18)30-23-26-25-20(16-19-12-7-15-29-19)27(23)14-13-17-8-3-1-4-9-17/h1-12,15,21H,13-14,16H2,(H2,24,28). The molecule has 0 aliphatic heterocycles. The molecule has 0 saturated heterocycles. The minimum atomic E-state index is -0.513. The van der Waals surface area contributed by atoms with Crippen molar-refractivity contribution < 1.29 is 4.79 Å². The molecule has 2 heterocycles. The molecular weight excluding hydrogens is 412 g/mol. The van der Waals surface area contributed by atoms with Crippen molar-refractivity contribution in [2.45, 2.75) is 29.8 Å². The van der Waals surface area contributed by atoms with Crippen molar-refractivity contribution in [2.75, 3.05) is 0 Å². The van der Waals surface area contributed by atoms with E-state index in [1.807, 2.05) is 54.6 Å². The number of rotatable bonds is 9. The van der Waals surface area contributed by atoms with Gasteiger partial charge >= 0.3 is 0 Å². The number of thiophene rings is 1. The molecule has 0 aliphatic carbocycles. The predicted octanol–water partition coefficient (Wildman–Crippen LogP) is 4.49. The molecule has 2 aromatic heterocycles. The fraction of sp³-hybridized carbons (Fsp3) is 0.174. The molecule has 30 heavy (non-hydrogen) atoms. The van der Waals surface area contributed by atoms with E-state index in [2.05, 4.69) is 38.3 Å². The van der Waals surface area contributed by atoms with Gasteiger partial charge in [0.15, 0.2) is 5.16 Å². The van der Waals surface area contributed by atoms with Crippen molar-refractivity contribution in [1.29, 1.82) is 0 Å². The van der Waals surface area contributed by atoms with E-state index < -0.39 is 5.25 Å². The highest BCUT2D eigenvalue weighted by atomic mass is 32.2. The normalized spacial score (nSPS) is 12.0. The predicted molar refractivity (Wildman–Crippen MR) is 122 cm³/mol. The van der Waals surface area contributed by atoms with Gasteiger partial charge in [0.25, 0.3) is 0 Å². The number of benzene rings is 2. The zero-order chi connectivity index (χ0) is 20.8. The lowest BCUT2D eigenvalue weighted by molar-refractivity contribution is -0.117. The topological polar surface area (TPSA) is 73.8 Å². The molecule has 0 spiro atoms. The minimum Gasteiger partial charge on any atom is -0.368 e. The van der Waals surface area contributed by atoms with Crippen molar-refractivity contribution in [3.8, 4) is 0 Å². The molecule has 5 nitrogen and oxygen atoms in total. The maximum Gasteiger partial charge on any atom is 0.235 e. The molecule has 0 radical (unpaired) electrons. The molecule has 152 valence electrons. The van der Waals surface area contributed by atoms with Crippen LogP contribution in [0, 0.1) is 0 Å². The monoisotopic (exact) mass is 434 g/mol. The number of carbonyl (C=O) groups excluding carboxylic acids is 1. The van der Waals surface area contributed by atoms with Gasteiger partial charge in [-0.15, -0.1) is 21.5 Å². The second kappa shape index (κ2) is 9.73.